The minimum absolute atomic E-state index is 0.0726. The van der Waals surface area contributed by atoms with Crippen LogP contribution < -0.4 is 10.0 Å². The molecule has 0 unspecified atom stereocenters. The highest BCUT2D eigenvalue weighted by Crippen LogP contribution is 2.26. The van der Waals surface area contributed by atoms with Crippen LogP contribution in [0.3, 0.4) is 0 Å². The molecular weight excluding hydrogens is 500 g/mol. The molecule has 37 heavy (non-hydrogen) atoms. The lowest BCUT2D eigenvalue weighted by atomic mass is 10.1. The summed E-state index contributed by atoms with van der Waals surface area (Å²) in [5, 5.41) is 2.93. The Morgan fingerprint density at radius 1 is 0.757 bits per heavy atom. The van der Waals surface area contributed by atoms with Crippen LogP contribution >= 0.6 is 11.8 Å². The Morgan fingerprint density at radius 2 is 1.49 bits per heavy atom. The first-order chi connectivity index (χ1) is 17.6. The topological polar surface area (TPSA) is 75.3 Å². The number of carbonyl (C=O) groups is 1. The average Bonchev–Trinajstić information content (AvgIpc) is 2.87. The molecule has 4 aromatic rings. The molecule has 4 rings (SSSR count). The number of anilines is 2. The highest BCUT2D eigenvalue weighted by Gasteiger charge is 2.20. The van der Waals surface area contributed by atoms with E-state index in [2.05, 4.69) is 28.2 Å². The van der Waals surface area contributed by atoms with E-state index >= 15 is 0 Å². The van der Waals surface area contributed by atoms with Gasteiger partial charge in [0.25, 0.3) is 15.9 Å². The maximum Gasteiger partial charge on any atom is 0.262 e. The normalized spacial score (nSPS) is 11.2. The van der Waals surface area contributed by atoms with E-state index in [1.807, 2.05) is 57.2 Å². The number of aryl methyl sites for hydroxylation is 4. The molecule has 0 heterocycles. The van der Waals surface area contributed by atoms with E-state index in [9.17, 15) is 13.2 Å². The Hall–Kier alpha value is -3.55. The largest absolute Gasteiger partial charge is 0.322 e. The quantitative estimate of drug-likeness (QED) is 0.235. The number of sulfonamides is 1. The van der Waals surface area contributed by atoms with E-state index in [1.54, 1.807) is 43.0 Å². The molecule has 2 N–H and O–H groups in total. The van der Waals surface area contributed by atoms with Crippen molar-refractivity contribution < 1.29 is 13.2 Å². The van der Waals surface area contributed by atoms with Gasteiger partial charge in [-0.15, -0.1) is 11.8 Å². The van der Waals surface area contributed by atoms with Crippen molar-refractivity contribution >= 4 is 39.1 Å². The highest BCUT2D eigenvalue weighted by atomic mass is 32.2. The van der Waals surface area contributed by atoms with Gasteiger partial charge in [0.1, 0.15) is 0 Å². The van der Waals surface area contributed by atoms with E-state index in [0.29, 0.717) is 16.9 Å². The van der Waals surface area contributed by atoms with Crippen LogP contribution in [-0.2, 0) is 15.8 Å². The molecule has 0 fully saturated rings. The maximum atomic E-state index is 13.2. The highest BCUT2D eigenvalue weighted by molar-refractivity contribution is 7.98. The minimum atomic E-state index is -3.88. The first kappa shape index (κ1) is 26.5. The molecule has 4 aromatic carbocycles. The number of hydrogen-bond acceptors (Lipinski definition) is 4. The van der Waals surface area contributed by atoms with Gasteiger partial charge in [-0.05, 0) is 98.0 Å². The van der Waals surface area contributed by atoms with Gasteiger partial charge in [-0.25, -0.2) is 8.42 Å². The van der Waals surface area contributed by atoms with Crippen molar-refractivity contribution in [3.8, 4) is 0 Å². The summed E-state index contributed by atoms with van der Waals surface area (Å²) in [6.07, 6.45) is 0. The molecule has 0 aliphatic rings. The summed E-state index contributed by atoms with van der Waals surface area (Å²) in [6, 6.07) is 26.3. The first-order valence-corrected chi connectivity index (χ1v) is 14.4. The summed E-state index contributed by atoms with van der Waals surface area (Å²) < 4.78 is 29.0. The van der Waals surface area contributed by atoms with Gasteiger partial charge in [0.2, 0.25) is 0 Å². The molecule has 0 spiro atoms. The van der Waals surface area contributed by atoms with E-state index in [1.165, 1.54) is 11.0 Å². The van der Waals surface area contributed by atoms with E-state index in [-0.39, 0.29) is 16.4 Å². The third-order valence-corrected chi connectivity index (χ3v) is 8.79. The molecule has 0 saturated heterocycles. The fourth-order valence-electron chi connectivity index (χ4n) is 3.88. The van der Waals surface area contributed by atoms with Gasteiger partial charge >= 0.3 is 0 Å². The number of benzene rings is 4. The van der Waals surface area contributed by atoms with E-state index in [0.717, 1.165) is 28.0 Å². The van der Waals surface area contributed by atoms with Crippen molar-refractivity contribution in [1.82, 2.24) is 0 Å². The smallest absolute Gasteiger partial charge is 0.262 e. The summed E-state index contributed by atoms with van der Waals surface area (Å²) in [5.41, 5.74) is 6.18. The van der Waals surface area contributed by atoms with E-state index in [4.69, 9.17) is 0 Å². The number of nitrogens with one attached hydrogen (secondary N) is 2. The van der Waals surface area contributed by atoms with Crippen LogP contribution in [0.5, 0.6) is 0 Å². The zero-order valence-electron chi connectivity index (χ0n) is 21.3. The minimum Gasteiger partial charge on any atom is -0.322 e. The summed E-state index contributed by atoms with van der Waals surface area (Å²) in [6.45, 7) is 7.57. The van der Waals surface area contributed by atoms with Gasteiger partial charge in [-0.2, -0.15) is 0 Å². The van der Waals surface area contributed by atoms with Crippen molar-refractivity contribution in [2.45, 2.75) is 43.2 Å². The van der Waals surface area contributed by atoms with Crippen LogP contribution in [0.15, 0.2) is 94.7 Å². The molecule has 5 nitrogen and oxygen atoms in total. The van der Waals surface area contributed by atoms with Crippen LogP contribution in [0.1, 0.15) is 38.2 Å². The van der Waals surface area contributed by atoms with Gasteiger partial charge in [-0.1, -0.05) is 42.5 Å². The molecule has 0 radical (unpaired) electrons. The van der Waals surface area contributed by atoms with Crippen LogP contribution in [0.25, 0.3) is 0 Å². The van der Waals surface area contributed by atoms with Crippen molar-refractivity contribution in [3.63, 3.8) is 0 Å². The second-order valence-electron chi connectivity index (χ2n) is 9.09. The second-order valence-corrected chi connectivity index (χ2v) is 11.8. The van der Waals surface area contributed by atoms with Crippen molar-refractivity contribution in [2.24, 2.45) is 0 Å². The van der Waals surface area contributed by atoms with Crippen molar-refractivity contribution in [3.05, 3.63) is 118 Å². The van der Waals surface area contributed by atoms with Gasteiger partial charge in [0, 0.05) is 27.6 Å². The molecule has 0 bridgehead atoms. The maximum absolute atomic E-state index is 13.2. The van der Waals surface area contributed by atoms with Crippen molar-refractivity contribution in [1.29, 1.82) is 0 Å². The molecule has 0 aliphatic heterocycles. The molecule has 0 saturated carbocycles. The standard InChI is InChI=1S/C30H30N2O3S2/c1-20-11-14-26(17-22(20)3)32-37(34,35)29-18-25(13-10-21(29)2)30(33)31-28-15-12-24(16-23(28)4)19-36-27-8-6-5-7-9-27/h5-18,32H,19H2,1-4H3,(H,31,33). The zero-order chi connectivity index (χ0) is 26.6. The Bertz CT molecular complexity index is 1550. The molecule has 7 heteroatoms. The van der Waals surface area contributed by atoms with Gasteiger partial charge in [0.05, 0.1) is 4.90 Å². The molecule has 0 aromatic heterocycles. The average molecular weight is 531 g/mol. The van der Waals surface area contributed by atoms with Gasteiger partial charge in [-0.3, -0.25) is 9.52 Å². The lowest BCUT2D eigenvalue weighted by molar-refractivity contribution is 0.102. The summed E-state index contributed by atoms with van der Waals surface area (Å²) in [7, 11) is -3.88. The van der Waals surface area contributed by atoms with Crippen LogP contribution in [-0.4, -0.2) is 14.3 Å². The molecule has 0 aliphatic carbocycles. The Kier molecular flexibility index (Phi) is 8.05. The lowest BCUT2D eigenvalue weighted by Gasteiger charge is -2.14. The van der Waals surface area contributed by atoms with Gasteiger partial charge in [0.15, 0.2) is 0 Å². The monoisotopic (exact) mass is 530 g/mol. The van der Waals surface area contributed by atoms with Crippen LogP contribution in [0.2, 0.25) is 0 Å². The fraction of sp³-hybridized carbons (Fsp3) is 0.167. The van der Waals surface area contributed by atoms with Crippen LogP contribution in [0, 0.1) is 27.7 Å². The molecule has 1 amide bonds. The number of hydrogen-bond donors (Lipinski definition) is 2. The Balaban J connectivity index is 1.49. The van der Waals surface area contributed by atoms with Crippen LogP contribution in [0.4, 0.5) is 11.4 Å². The summed E-state index contributed by atoms with van der Waals surface area (Å²) in [5.74, 6) is 0.461. The summed E-state index contributed by atoms with van der Waals surface area (Å²) >= 11 is 1.76. The fourth-order valence-corrected chi connectivity index (χ4v) is 6.06. The predicted molar refractivity (Wildman–Crippen MR) is 153 cm³/mol. The summed E-state index contributed by atoms with van der Waals surface area (Å²) in [4.78, 5) is 14.3. The third-order valence-electron chi connectivity index (χ3n) is 6.19. The first-order valence-electron chi connectivity index (χ1n) is 11.9. The number of carbonyl (C=O) groups excluding carboxylic acids is 1. The number of rotatable bonds is 8. The van der Waals surface area contributed by atoms with Crippen molar-refractivity contribution in [2.75, 3.05) is 10.0 Å². The second kappa shape index (κ2) is 11.2. The number of amides is 1. The SMILES string of the molecule is Cc1ccc(NS(=O)(=O)c2cc(C(=O)Nc3ccc(CSc4ccccc4)cc3C)ccc2C)cc1C. The Labute approximate surface area is 223 Å². The zero-order valence-corrected chi connectivity index (χ0v) is 23.0. The predicted octanol–water partition coefficient (Wildman–Crippen LogP) is 7.27. The lowest BCUT2D eigenvalue weighted by Crippen LogP contribution is -2.17. The molecular formula is C30H30N2O3S2. The van der Waals surface area contributed by atoms with Gasteiger partial charge < -0.3 is 5.32 Å². The molecule has 190 valence electrons. The van der Waals surface area contributed by atoms with E-state index < -0.39 is 10.0 Å². The number of thioether (sulfide) groups is 1. The Morgan fingerprint density at radius 3 is 2.19 bits per heavy atom. The third kappa shape index (κ3) is 6.61. The molecule has 0 atom stereocenters.